The first-order valence-electron chi connectivity index (χ1n) is 6.51. The number of carbonyl (C=O) groups excluding carboxylic acids is 1. The summed E-state index contributed by atoms with van der Waals surface area (Å²) in [7, 11) is 0. The fraction of sp³-hybridized carbons (Fsp3) is 0.267. The number of carbonyl (C=O) groups is 1. The van der Waals surface area contributed by atoms with Gasteiger partial charge in [0.15, 0.2) is 0 Å². The predicted octanol–water partition coefficient (Wildman–Crippen LogP) is 3.60. The zero-order valence-electron chi connectivity index (χ0n) is 11.1. The molecular formula is C15H17BrN2O2. The third-order valence-corrected chi connectivity index (χ3v) is 3.63. The van der Waals surface area contributed by atoms with Crippen molar-refractivity contribution in [2.24, 2.45) is 0 Å². The highest BCUT2D eigenvalue weighted by atomic mass is 79.9. The molecule has 0 saturated heterocycles. The van der Waals surface area contributed by atoms with E-state index in [2.05, 4.69) is 32.8 Å². The molecule has 0 fully saturated rings. The molecule has 1 aromatic carbocycles. The van der Waals surface area contributed by atoms with Crippen molar-refractivity contribution in [3.63, 3.8) is 0 Å². The molecule has 0 aliphatic heterocycles. The average Bonchev–Trinajstić information content (AvgIpc) is 2.88. The number of H-pyrrole nitrogens is 1. The van der Waals surface area contributed by atoms with E-state index < -0.39 is 0 Å². The van der Waals surface area contributed by atoms with E-state index in [1.165, 1.54) is 0 Å². The van der Waals surface area contributed by atoms with E-state index in [9.17, 15) is 4.79 Å². The molecule has 0 amide bonds. The Morgan fingerprint density at radius 1 is 1.45 bits per heavy atom. The lowest BCUT2D eigenvalue weighted by Crippen LogP contribution is -2.10. The number of halogens is 1. The predicted molar refractivity (Wildman–Crippen MR) is 83.7 cm³/mol. The summed E-state index contributed by atoms with van der Waals surface area (Å²) in [6.07, 6.45) is 5.12. The first kappa shape index (κ1) is 14.7. The van der Waals surface area contributed by atoms with E-state index in [0.717, 1.165) is 34.8 Å². The maximum atomic E-state index is 12.1. The molecule has 5 heteroatoms. The fourth-order valence-corrected chi connectivity index (χ4v) is 2.55. The number of unbranched alkanes of at least 4 members (excludes halogenated alkanes) is 1. The summed E-state index contributed by atoms with van der Waals surface area (Å²) in [5.74, 6) is -0.292. The van der Waals surface area contributed by atoms with Crippen LogP contribution >= 0.6 is 15.9 Å². The van der Waals surface area contributed by atoms with Gasteiger partial charge in [0.25, 0.3) is 0 Å². The number of aromatic amines is 1. The molecule has 4 nitrogen and oxygen atoms in total. The maximum Gasteiger partial charge on any atom is 0.340 e. The van der Waals surface area contributed by atoms with Crippen molar-refractivity contribution in [1.82, 2.24) is 10.3 Å². The van der Waals surface area contributed by atoms with Crippen molar-refractivity contribution in [3.8, 4) is 0 Å². The van der Waals surface area contributed by atoms with Gasteiger partial charge < -0.3 is 15.0 Å². The quantitative estimate of drug-likeness (QED) is 0.600. The molecule has 2 N–H and O–H groups in total. The number of hydrogen-bond donors (Lipinski definition) is 2. The zero-order chi connectivity index (χ0) is 14.4. The molecule has 0 aliphatic carbocycles. The SMILES string of the molecule is C=CNCCCCOC(=O)c1c[nH]c2cccc(Br)c12. The van der Waals surface area contributed by atoms with Crippen LogP contribution in [0.15, 0.2) is 41.6 Å². The van der Waals surface area contributed by atoms with Gasteiger partial charge in [-0.05, 0) is 31.2 Å². The van der Waals surface area contributed by atoms with Crippen LogP contribution < -0.4 is 5.32 Å². The normalized spacial score (nSPS) is 10.4. The average molecular weight is 337 g/mol. The number of esters is 1. The Bertz CT molecular complexity index is 607. The highest BCUT2D eigenvalue weighted by Gasteiger charge is 2.15. The van der Waals surface area contributed by atoms with Crippen LogP contribution in [0.25, 0.3) is 10.9 Å². The molecule has 0 aliphatic rings. The molecule has 20 heavy (non-hydrogen) atoms. The lowest BCUT2D eigenvalue weighted by Gasteiger charge is -2.05. The van der Waals surface area contributed by atoms with E-state index in [1.54, 1.807) is 12.4 Å². The van der Waals surface area contributed by atoms with Crippen molar-refractivity contribution in [3.05, 3.63) is 47.2 Å². The summed E-state index contributed by atoms with van der Waals surface area (Å²) in [4.78, 5) is 15.1. The molecule has 1 aromatic heterocycles. The van der Waals surface area contributed by atoms with Gasteiger partial charge in [-0.1, -0.05) is 28.6 Å². The Hall–Kier alpha value is -1.75. The lowest BCUT2D eigenvalue weighted by atomic mass is 10.2. The monoisotopic (exact) mass is 336 g/mol. The first-order valence-corrected chi connectivity index (χ1v) is 7.30. The van der Waals surface area contributed by atoms with Crippen LogP contribution in [0.1, 0.15) is 23.2 Å². The van der Waals surface area contributed by atoms with Crippen LogP contribution in [-0.4, -0.2) is 24.1 Å². The number of ether oxygens (including phenoxy) is 1. The van der Waals surface area contributed by atoms with Gasteiger partial charge >= 0.3 is 5.97 Å². The molecule has 0 atom stereocenters. The van der Waals surface area contributed by atoms with Gasteiger partial charge in [-0.3, -0.25) is 0 Å². The number of hydrogen-bond acceptors (Lipinski definition) is 3. The summed E-state index contributed by atoms with van der Waals surface area (Å²) in [5, 5.41) is 3.87. The summed E-state index contributed by atoms with van der Waals surface area (Å²) in [5.41, 5.74) is 1.48. The smallest absolute Gasteiger partial charge is 0.340 e. The molecule has 2 aromatic rings. The third-order valence-electron chi connectivity index (χ3n) is 2.97. The minimum atomic E-state index is -0.292. The van der Waals surface area contributed by atoms with Crippen molar-refractivity contribution in [2.45, 2.75) is 12.8 Å². The van der Waals surface area contributed by atoms with Crippen molar-refractivity contribution >= 4 is 32.8 Å². The highest BCUT2D eigenvalue weighted by molar-refractivity contribution is 9.10. The second-order valence-electron chi connectivity index (χ2n) is 4.37. The van der Waals surface area contributed by atoms with Gasteiger partial charge in [-0.2, -0.15) is 0 Å². The number of fused-ring (bicyclic) bond motifs is 1. The van der Waals surface area contributed by atoms with Gasteiger partial charge in [0, 0.05) is 28.1 Å². The molecule has 0 unspecified atom stereocenters. The van der Waals surface area contributed by atoms with E-state index in [4.69, 9.17) is 4.74 Å². The molecule has 0 spiro atoms. The zero-order valence-corrected chi connectivity index (χ0v) is 12.7. The van der Waals surface area contributed by atoms with Gasteiger partial charge in [0.2, 0.25) is 0 Å². The van der Waals surface area contributed by atoms with Crippen molar-refractivity contribution < 1.29 is 9.53 Å². The van der Waals surface area contributed by atoms with E-state index in [0.29, 0.717) is 12.2 Å². The molecule has 106 valence electrons. The first-order chi connectivity index (χ1) is 9.74. The molecule has 0 radical (unpaired) electrons. The molecule has 1 heterocycles. The Kier molecular flexibility index (Phi) is 5.24. The van der Waals surface area contributed by atoms with Gasteiger partial charge in [0.05, 0.1) is 12.2 Å². The molecular weight excluding hydrogens is 320 g/mol. The fourth-order valence-electron chi connectivity index (χ4n) is 1.98. The van der Waals surface area contributed by atoms with E-state index in [-0.39, 0.29) is 5.97 Å². The second-order valence-corrected chi connectivity index (χ2v) is 5.22. The van der Waals surface area contributed by atoms with Crippen molar-refractivity contribution in [2.75, 3.05) is 13.2 Å². The summed E-state index contributed by atoms with van der Waals surface area (Å²) >= 11 is 3.46. The van der Waals surface area contributed by atoms with E-state index >= 15 is 0 Å². The largest absolute Gasteiger partial charge is 0.462 e. The Morgan fingerprint density at radius 3 is 3.10 bits per heavy atom. The van der Waals surface area contributed by atoms with Crippen LogP contribution in [-0.2, 0) is 4.74 Å². The molecule has 2 rings (SSSR count). The van der Waals surface area contributed by atoms with Crippen LogP contribution in [0.3, 0.4) is 0 Å². The topological polar surface area (TPSA) is 54.1 Å². The second kappa shape index (κ2) is 7.14. The Morgan fingerprint density at radius 2 is 2.30 bits per heavy atom. The number of aromatic nitrogens is 1. The summed E-state index contributed by atoms with van der Waals surface area (Å²) < 4.78 is 6.18. The Balaban J connectivity index is 1.93. The number of benzene rings is 1. The van der Waals surface area contributed by atoms with Crippen LogP contribution in [0.2, 0.25) is 0 Å². The summed E-state index contributed by atoms with van der Waals surface area (Å²) in [6.45, 7) is 4.85. The number of rotatable bonds is 7. The van der Waals surface area contributed by atoms with Gasteiger partial charge in [-0.15, -0.1) is 0 Å². The van der Waals surface area contributed by atoms with Gasteiger partial charge in [0.1, 0.15) is 0 Å². The highest BCUT2D eigenvalue weighted by Crippen LogP contribution is 2.27. The van der Waals surface area contributed by atoms with Gasteiger partial charge in [-0.25, -0.2) is 4.79 Å². The van der Waals surface area contributed by atoms with Crippen molar-refractivity contribution in [1.29, 1.82) is 0 Å². The minimum absolute atomic E-state index is 0.292. The standard InChI is InChI=1S/C15H17BrN2O2/c1-2-17-8-3-4-9-20-15(19)11-10-18-13-7-5-6-12(16)14(11)13/h2,5-7,10,17-18H,1,3-4,8-9H2. The molecule has 0 bridgehead atoms. The van der Waals surface area contributed by atoms with Crippen LogP contribution in [0, 0.1) is 0 Å². The lowest BCUT2D eigenvalue weighted by molar-refractivity contribution is 0.0501. The Labute approximate surface area is 126 Å². The number of nitrogens with one attached hydrogen (secondary N) is 2. The molecule has 0 saturated carbocycles. The third kappa shape index (κ3) is 3.42. The van der Waals surface area contributed by atoms with Crippen LogP contribution in [0.4, 0.5) is 0 Å². The minimum Gasteiger partial charge on any atom is -0.462 e. The summed E-state index contributed by atoms with van der Waals surface area (Å²) in [6, 6.07) is 5.76. The van der Waals surface area contributed by atoms with Crippen LogP contribution in [0.5, 0.6) is 0 Å². The maximum absolute atomic E-state index is 12.1. The van der Waals surface area contributed by atoms with E-state index in [1.807, 2.05) is 18.2 Å².